The van der Waals surface area contributed by atoms with Gasteiger partial charge in [0.1, 0.15) is 0 Å². The number of aryl methyl sites for hydroxylation is 2. The van der Waals surface area contributed by atoms with E-state index in [4.69, 9.17) is 0 Å². The Morgan fingerprint density at radius 1 is 1.25 bits per heavy atom. The van der Waals surface area contributed by atoms with Crippen molar-refractivity contribution in [1.82, 2.24) is 9.55 Å². The van der Waals surface area contributed by atoms with Gasteiger partial charge in [-0.15, -0.1) is 0 Å². The Morgan fingerprint density at radius 2 is 2.00 bits per heavy atom. The predicted octanol–water partition coefficient (Wildman–Crippen LogP) is 4.61. The van der Waals surface area contributed by atoms with Crippen LogP contribution in [0.4, 0.5) is 11.6 Å². The number of rotatable bonds is 6. The number of hydrogen-bond donors (Lipinski definition) is 1. The SMILES string of the molecule is CCCCc1ccc(Nc2nc(C)cn2C2CC2)cc1. The second-order valence-electron chi connectivity index (χ2n) is 5.77. The molecule has 1 aliphatic rings. The van der Waals surface area contributed by atoms with Crippen LogP contribution in [0.15, 0.2) is 30.5 Å². The Kier molecular flexibility index (Phi) is 3.77. The molecule has 1 N–H and O–H groups in total. The molecule has 0 saturated heterocycles. The van der Waals surface area contributed by atoms with Crippen molar-refractivity contribution in [2.45, 2.75) is 52.0 Å². The van der Waals surface area contributed by atoms with Crippen LogP contribution in [0.1, 0.15) is 49.9 Å². The zero-order valence-corrected chi connectivity index (χ0v) is 12.4. The molecule has 2 aromatic rings. The van der Waals surface area contributed by atoms with E-state index in [9.17, 15) is 0 Å². The van der Waals surface area contributed by atoms with Crippen LogP contribution in [0.25, 0.3) is 0 Å². The van der Waals surface area contributed by atoms with Gasteiger partial charge in [0.05, 0.1) is 5.69 Å². The van der Waals surface area contributed by atoms with Crippen molar-refractivity contribution in [3.05, 3.63) is 41.7 Å². The topological polar surface area (TPSA) is 29.9 Å². The van der Waals surface area contributed by atoms with Crippen molar-refractivity contribution in [2.75, 3.05) is 5.32 Å². The van der Waals surface area contributed by atoms with Gasteiger partial charge in [-0.25, -0.2) is 4.98 Å². The molecule has 1 aliphatic carbocycles. The van der Waals surface area contributed by atoms with Crippen molar-refractivity contribution in [3.63, 3.8) is 0 Å². The number of anilines is 2. The van der Waals surface area contributed by atoms with Crippen molar-refractivity contribution in [3.8, 4) is 0 Å². The summed E-state index contributed by atoms with van der Waals surface area (Å²) in [7, 11) is 0. The highest BCUT2D eigenvalue weighted by atomic mass is 15.2. The van der Waals surface area contributed by atoms with Gasteiger partial charge in [-0.05, 0) is 50.3 Å². The first-order valence-electron chi connectivity index (χ1n) is 7.67. The van der Waals surface area contributed by atoms with Gasteiger partial charge in [0.2, 0.25) is 5.95 Å². The average Bonchev–Trinajstić information content (AvgIpc) is 3.23. The smallest absolute Gasteiger partial charge is 0.207 e. The van der Waals surface area contributed by atoms with E-state index in [1.807, 2.05) is 0 Å². The lowest BCUT2D eigenvalue weighted by Gasteiger charge is -2.09. The van der Waals surface area contributed by atoms with Gasteiger partial charge >= 0.3 is 0 Å². The molecule has 0 amide bonds. The third-order valence-corrected chi connectivity index (χ3v) is 3.82. The first kappa shape index (κ1) is 13.2. The highest BCUT2D eigenvalue weighted by Gasteiger charge is 2.26. The van der Waals surface area contributed by atoms with Crippen molar-refractivity contribution in [2.24, 2.45) is 0 Å². The molecule has 3 rings (SSSR count). The van der Waals surface area contributed by atoms with E-state index in [0.29, 0.717) is 6.04 Å². The molecule has 1 fully saturated rings. The lowest BCUT2D eigenvalue weighted by Crippen LogP contribution is -2.01. The van der Waals surface area contributed by atoms with Crippen LogP contribution in [0, 0.1) is 6.92 Å². The lowest BCUT2D eigenvalue weighted by atomic mass is 10.1. The average molecular weight is 269 g/mol. The summed E-state index contributed by atoms with van der Waals surface area (Å²) in [6, 6.07) is 9.41. The molecular formula is C17H23N3. The van der Waals surface area contributed by atoms with E-state index in [-0.39, 0.29) is 0 Å². The molecule has 0 atom stereocenters. The molecule has 1 aromatic carbocycles. The highest BCUT2D eigenvalue weighted by molar-refractivity contribution is 5.54. The first-order chi connectivity index (χ1) is 9.76. The summed E-state index contributed by atoms with van der Waals surface area (Å²) < 4.78 is 2.28. The van der Waals surface area contributed by atoms with Crippen molar-refractivity contribution >= 4 is 11.6 Å². The van der Waals surface area contributed by atoms with E-state index in [1.54, 1.807) is 0 Å². The second-order valence-corrected chi connectivity index (χ2v) is 5.77. The first-order valence-corrected chi connectivity index (χ1v) is 7.67. The minimum atomic E-state index is 0.655. The summed E-state index contributed by atoms with van der Waals surface area (Å²) in [5, 5.41) is 3.45. The summed E-state index contributed by atoms with van der Waals surface area (Å²) in [5.41, 5.74) is 3.62. The highest BCUT2D eigenvalue weighted by Crippen LogP contribution is 2.37. The largest absolute Gasteiger partial charge is 0.326 e. The molecule has 0 bridgehead atoms. The van der Waals surface area contributed by atoms with Crippen LogP contribution in [0.5, 0.6) is 0 Å². The van der Waals surface area contributed by atoms with Crippen LogP contribution in [0.3, 0.4) is 0 Å². The maximum absolute atomic E-state index is 4.59. The minimum Gasteiger partial charge on any atom is -0.326 e. The van der Waals surface area contributed by atoms with Crippen LogP contribution >= 0.6 is 0 Å². The van der Waals surface area contributed by atoms with Crippen molar-refractivity contribution < 1.29 is 0 Å². The molecule has 0 unspecified atom stereocenters. The summed E-state index contributed by atoms with van der Waals surface area (Å²) >= 11 is 0. The maximum Gasteiger partial charge on any atom is 0.207 e. The number of hydrogen-bond acceptors (Lipinski definition) is 2. The number of unbranched alkanes of at least 4 members (excludes halogenated alkanes) is 1. The van der Waals surface area contributed by atoms with Gasteiger partial charge in [-0.2, -0.15) is 0 Å². The zero-order valence-electron chi connectivity index (χ0n) is 12.4. The summed E-state index contributed by atoms with van der Waals surface area (Å²) in [6.45, 7) is 4.29. The van der Waals surface area contributed by atoms with E-state index in [2.05, 4.69) is 59.2 Å². The minimum absolute atomic E-state index is 0.655. The van der Waals surface area contributed by atoms with E-state index >= 15 is 0 Å². The van der Waals surface area contributed by atoms with Gasteiger partial charge in [-0.1, -0.05) is 25.5 Å². The van der Waals surface area contributed by atoms with Crippen molar-refractivity contribution in [1.29, 1.82) is 0 Å². The number of nitrogens with zero attached hydrogens (tertiary/aromatic N) is 2. The number of benzene rings is 1. The fourth-order valence-electron chi connectivity index (χ4n) is 2.50. The van der Waals surface area contributed by atoms with Crippen LogP contribution in [-0.2, 0) is 6.42 Å². The van der Waals surface area contributed by atoms with Gasteiger partial charge < -0.3 is 9.88 Å². The number of imidazole rings is 1. The van der Waals surface area contributed by atoms with E-state index < -0.39 is 0 Å². The third kappa shape index (κ3) is 3.03. The Hall–Kier alpha value is -1.77. The van der Waals surface area contributed by atoms with Gasteiger partial charge in [-0.3, -0.25) is 0 Å². The van der Waals surface area contributed by atoms with E-state index in [1.165, 1.54) is 37.7 Å². The van der Waals surface area contributed by atoms with E-state index in [0.717, 1.165) is 17.3 Å². The van der Waals surface area contributed by atoms with Crippen LogP contribution in [0.2, 0.25) is 0 Å². The normalized spacial score (nSPS) is 14.5. The Morgan fingerprint density at radius 3 is 2.65 bits per heavy atom. The molecule has 3 heteroatoms. The monoisotopic (exact) mass is 269 g/mol. The van der Waals surface area contributed by atoms with Gasteiger partial charge in [0.15, 0.2) is 0 Å². The lowest BCUT2D eigenvalue weighted by molar-refractivity contribution is 0.750. The Balaban J connectivity index is 1.71. The maximum atomic E-state index is 4.59. The summed E-state index contributed by atoms with van der Waals surface area (Å²) in [6.07, 6.45) is 8.39. The fourth-order valence-corrected chi connectivity index (χ4v) is 2.50. The quantitative estimate of drug-likeness (QED) is 0.829. The second kappa shape index (κ2) is 5.70. The van der Waals surface area contributed by atoms with Gasteiger partial charge in [0.25, 0.3) is 0 Å². The standard InChI is InChI=1S/C17H23N3/c1-3-4-5-14-6-8-15(9-7-14)19-17-18-13(2)12-20(17)16-10-11-16/h6-9,12,16H,3-5,10-11H2,1-2H3,(H,18,19). The zero-order chi connectivity index (χ0) is 13.9. The molecular weight excluding hydrogens is 246 g/mol. The van der Waals surface area contributed by atoms with Gasteiger partial charge in [0, 0.05) is 17.9 Å². The Labute approximate surface area is 121 Å². The molecule has 1 aromatic heterocycles. The molecule has 1 heterocycles. The molecule has 3 nitrogen and oxygen atoms in total. The molecule has 0 aliphatic heterocycles. The fraction of sp³-hybridized carbons (Fsp3) is 0.471. The Bertz CT molecular complexity index is 564. The predicted molar refractivity (Wildman–Crippen MR) is 83.6 cm³/mol. The molecule has 20 heavy (non-hydrogen) atoms. The molecule has 0 radical (unpaired) electrons. The molecule has 106 valence electrons. The third-order valence-electron chi connectivity index (χ3n) is 3.82. The van der Waals surface area contributed by atoms with Crippen LogP contribution in [-0.4, -0.2) is 9.55 Å². The summed E-state index contributed by atoms with van der Waals surface area (Å²) in [5.74, 6) is 0.978. The number of aromatic nitrogens is 2. The number of nitrogens with one attached hydrogen (secondary N) is 1. The molecule has 1 saturated carbocycles. The summed E-state index contributed by atoms with van der Waals surface area (Å²) in [4.78, 5) is 4.59. The molecule has 0 spiro atoms. The van der Waals surface area contributed by atoms with Crippen LogP contribution < -0.4 is 5.32 Å².